The fourth-order valence-corrected chi connectivity index (χ4v) is 4.86. The number of sulfonamides is 1. The molecule has 1 saturated heterocycles. The van der Waals surface area contributed by atoms with Crippen molar-refractivity contribution in [1.29, 1.82) is 0 Å². The molecular formula is C17H23N3O2S. The first kappa shape index (κ1) is 16.4. The van der Waals surface area contributed by atoms with Crippen molar-refractivity contribution in [2.45, 2.75) is 32.1 Å². The van der Waals surface area contributed by atoms with Gasteiger partial charge in [0.15, 0.2) is 0 Å². The Labute approximate surface area is 137 Å². The number of hydrogen-bond donors (Lipinski definition) is 1. The van der Waals surface area contributed by atoms with Gasteiger partial charge in [-0.2, -0.15) is 0 Å². The van der Waals surface area contributed by atoms with Gasteiger partial charge in [0.1, 0.15) is 0 Å². The molecule has 1 aliphatic heterocycles. The van der Waals surface area contributed by atoms with E-state index < -0.39 is 10.0 Å². The second-order valence-corrected chi connectivity index (χ2v) is 8.93. The molecule has 2 heterocycles. The van der Waals surface area contributed by atoms with E-state index in [-0.39, 0.29) is 17.2 Å². The molecule has 0 bridgehead atoms. The number of nitrogens with zero attached hydrogens (tertiary/aromatic N) is 2. The van der Waals surface area contributed by atoms with E-state index in [0.717, 1.165) is 16.5 Å². The van der Waals surface area contributed by atoms with E-state index in [0.29, 0.717) is 19.5 Å². The second kappa shape index (κ2) is 5.85. The molecule has 2 aromatic rings. The summed E-state index contributed by atoms with van der Waals surface area (Å²) in [6.45, 7) is 5.01. The van der Waals surface area contributed by atoms with Crippen LogP contribution in [0.15, 0.2) is 36.5 Å². The Hall–Kier alpha value is -1.50. The summed E-state index contributed by atoms with van der Waals surface area (Å²) in [6.07, 6.45) is 2.39. The van der Waals surface area contributed by atoms with Gasteiger partial charge in [0.2, 0.25) is 10.0 Å². The number of fused-ring (bicyclic) bond motifs is 1. The highest BCUT2D eigenvalue weighted by Gasteiger charge is 2.38. The summed E-state index contributed by atoms with van der Waals surface area (Å²) in [5, 5.41) is 0.959. The van der Waals surface area contributed by atoms with E-state index in [1.165, 1.54) is 0 Å². The zero-order valence-corrected chi connectivity index (χ0v) is 14.4. The maximum atomic E-state index is 12.9. The smallest absolute Gasteiger partial charge is 0.218 e. The molecule has 0 aliphatic carbocycles. The Morgan fingerprint density at radius 1 is 1.30 bits per heavy atom. The molecule has 1 aromatic carbocycles. The third kappa shape index (κ3) is 3.24. The van der Waals surface area contributed by atoms with Crippen molar-refractivity contribution in [2.24, 2.45) is 11.1 Å². The summed E-state index contributed by atoms with van der Waals surface area (Å²) in [6, 6.07) is 9.50. The molecule has 6 heteroatoms. The summed E-state index contributed by atoms with van der Waals surface area (Å²) in [5.41, 5.74) is 7.41. The molecule has 0 saturated carbocycles. The summed E-state index contributed by atoms with van der Waals surface area (Å²) in [4.78, 5) is 4.35. The lowest BCUT2D eigenvalue weighted by molar-refractivity contribution is 0.155. The Balaban J connectivity index is 1.89. The van der Waals surface area contributed by atoms with Gasteiger partial charge < -0.3 is 5.73 Å². The van der Waals surface area contributed by atoms with Gasteiger partial charge in [0.05, 0.1) is 11.3 Å². The number of rotatable bonds is 3. The Bertz CT molecular complexity index is 812. The molecule has 1 aliphatic rings. The highest BCUT2D eigenvalue weighted by atomic mass is 32.2. The van der Waals surface area contributed by atoms with Crippen molar-refractivity contribution in [2.75, 3.05) is 13.1 Å². The van der Waals surface area contributed by atoms with Crippen molar-refractivity contribution in [3.8, 4) is 0 Å². The molecular weight excluding hydrogens is 310 g/mol. The van der Waals surface area contributed by atoms with Gasteiger partial charge in [-0.1, -0.05) is 38.1 Å². The zero-order valence-electron chi connectivity index (χ0n) is 13.6. The van der Waals surface area contributed by atoms with Gasteiger partial charge in [-0.05, 0) is 23.5 Å². The fraction of sp³-hybridized carbons (Fsp3) is 0.471. The van der Waals surface area contributed by atoms with Crippen LogP contribution in [-0.2, 0) is 15.8 Å². The van der Waals surface area contributed by atoms with Crippen molar-refractivity contribution in [1.82, 2.24) is 9.29 Å². The van der Waals surface area contributed by atoms with Crippen LogP contribution < -0.4 is 5.73 Å². The normalized spacial score (nSPS) is 22.3. The molecule has 1 fully saturated rings. The van der Waals surface area contributed by atoms with Crippen LogP contribution in [-0.4, -0.2) is 36.8 Å². The lowest BCUT2D eigenvalue weighted by Gasteiger charge is -2.41. The summed E-state index contributed by atoms with van der Waals surface area (Å²) >= 11 is 0. The minimum atomic E-state index is -3.38. The molecule has 2 N–H and O–H groups in total. The molecule has 0 radical (unpaired) electrons. The molecule has 3 rings (SSSR count). The first-order valence-corrected chi connectivity index (χ1v) is 9.46. The second-order valence-electron chi connectivity index (χ2n) is 6.97. The quantitative estimate of drug-likeness (QED) is 0.933. The minimum Gasteiger partial charge on any atom is -0.327 e. The molecule has 1 atom stereocenters. The fourth-order valence-electron chi connectivity index (χ4n) is 3.13. The van der Waals surface area contributed by atoms with Crippen LogP contribution >= 0.6 is 0 Å². The highest BCUT2D eigenvalue weighted by Crippen LogP contribution is 2.30. The Morgan fingerprint density at radius 3 is 2.78 bits per heavy atom. The standard InChI is InChI=1S/C17H23N3O2S/c1-17(2)12-20(10-8-15(17)18)23(21,22)11-14-6-3-5-13-7-4-9-19-16(13)14/h3-7,9,15H,8,10-12,18H2,1-2H3. The van der Waals surface area contributed by atoms with Crippen molar-refractivity contribution in [3.63, 3.8) is 0 Å². The molecule has 0 amide bonds. The maximum Gasteiger partial charge on any atom is 0.218 e. The van der Waals surface area contributed by atoms with Gasteiger partial charge in [-0.25, -0.2) is 12.7 Å². The monoisotopic (exact) mass is 333 g/mol. The molecule has 1 unspecified atom stereocenters. The molecule has 5 nitrogen and oxygen atoms in total. The lowest BCUT2D eigenvalue weighted by atomic mass is 9.81. The molecule has 23 heavy (non-hydrogen) atoms. The number of hydrogen-bond acceptors (Lipinski definition) is 4. The van der Waals surface area contributed by atoms with E-state index in [2.05, 4.69) is 4.98 Å². The van der Waals surface area contributed by atoms with E-state index >= 15 is 0 Å². The molecule has 0 spiro atoms. The summed E-state index contributed by atoms with van der Waals surface area (Å²) in [5.74, 6) is -0.0212. The minimum absolute atomic E-state index is 0.0212. The summed E-state index contributed by atoms with van der Waals surface area (Å²) in [7, 11) is -3.38. The van der Waals surface area contributed by atoms with Crippen LogP contribution in [0.4, 0.5) is 0 Å². The predicted octanol–water partition coefficient (Wildman–Crippen LogP) is 2.12. The number of pyridine rings is 1. The largest absolute Gasteiger partial charge is 0.327 e. The average molecular weight is 333 g/mol. The zero-order chi connectivity index (χ0) is 16.7. The van der Waals surface area contributed by atoms with Gasteiger partial charge in [0.25, 0.3) is 0 Å². The average Bonchev–Trinajstić information content (AvgIpc) is 2.50. The molecule has 124 valence electrons. The van der Waals surface area contributed by atoms with E-state index in [1.54, 1.807) is 10.5 Å². The number of aromatic nitrogens is 1. The van der Waals surface area contributed by atoms with Crippen molar-refractivity contribution in [3.05, 3.63) is 42.1 Å². The van der Waals surface area contributed by atoms with Crippen molar-refractivity contribution < 1.29 is 8.42 Å². The number of piperidine rings is 1. The van der Waals surface area contributed by atoms with Crippen LogP contribution in [0.2, 0.25) is 0 Å². The van der Waals surface area contributed by atoms with Crippen LogP contribution in [0, 0.1) is 5.41 Å². The summed E-state index contributed by atoms with van der Waals surface area (Å²) < 4.78 is 27.3. The van der Waals surface area contributed by atoms with Crippen molar-refractivity contribution >= 4 is 20.9 Å². The van der Waals surface area contributed by atoms with E-state index in [1.807, 2.05) is 44.2 Å². The first-order valence-electron chi connectivity index (χ1n) is 7.86. The van der Waals surface area contributed by atoms with E-state index in [4.69, 9.17) is 5.73 Å². The number of nitrogens with two attached hydrogens (primary N) is 1. The van der Waals surface area contributed by atoms with Gasteiger partial charge in [-0.15, -0.1) is 0 Å². The Kier molecular flexibility index (Phi) is 4.16. The third-order valence-corrected chi connectivity index (χ3v) is 6.50. The van der Waals surface area contributed by atoms with Gasteiger partial charge in [-0.3, -0.25) is 4.98 Å². The number of para-hydroxylation sites is 1. The van der Waals surface area contributed by atoms with E-state index in [9.17, 15) is 8.42 Å². The van der Waals surface area contributed by atoms with Crippen LogP contribution in [0.1, 0.15) is 25.8 Å². The highest BCUT2D eigenvalue weighted by molar-refractivity contribution is 7.88. The SMILES string of the molecule is CC1(C)CN(S(=O)(=O)Cc2cccc3cccnc23)CCC1N. The number of benzene rings is 1. The topological polar surface area (TPSA) is 76.3 Å². The maximum absolute atomic E-state index is 12.9. The predicted molar refractivity (Wildman–Crippen MR) is 92.3 cm³/mol. The first-order chi connectivity index (χ1) is 10.8. The third-order valence-electron chi connectivity index (χ3n) is 4.72. The van der Waals surface area contributed by atoms with Crippen LogP contribution in [0.5, 0.6) is 0 Å². The van der Waals surface area contributed by atoms with Gasteiger partial charge >= 0.3 is 0 Å². The van der Waals surface area contributed by atoms with Crippen LogP contribution in [0.3, 0.4) is 0 Å². The lowest BCUT2D eigenvalue weighted by Crippen LogP contribution is -2.54. The van der Waals surface area contributed by atoms with Gasteiger partial charge in [0, 0.05) is 30.7 Å². The van der Waals surface area contributed by atoms with Crippen LogP contribution in [0.25, 0.3) is 10.9 Å². The Morgan fingerprint density at radius 2 is 2.04 bits per heavy atom. The molecule has 1 aromatic heterocycles.